The zero-order chi connectivity index (χ0) is 16.4. The lowest BCUT2D eigenvalue weighted by molar-refractivity contribution is -0.116. The molecule has 1 amide bonds. The van der Waals surface area contributed by atoms with E-state index < -0.39 is 6.04 Å². The van der Waals surface area contributed by atoms with E-state index in [2.05, 4.69) is 36.5 Å². The first kappa shape index (κ1) is 15.4. The van der Waals surface area contributed by atoms with Gasteiger partial charge in [-0.3, -0.25) is 4.79 Å². The van der Waals surface area contributed by atoms with Crippen molar-refractivity contribution in [2.75, 3.05) is 10.6 Å². The molecule has 0 unspecified atom stereocenters. The van der Waals surface area contributed by atoms with Gasteiger partial charge in [0.25, 0.3) is 0 Å². The van der Waals surface area contributed by atoms with Crippen LogP contribution in [-0.4, -0.2) is 21.9 Å². The van der Waals surface area contributed by atoms with Crippen LogP contribution in [0.15, 0.2) is 51.7 Å². The van der Waals surface area contributed by atoms with Crippen LogP contribution < -0.4 is 16.3 Å². The van der Waals surface area contributed by atoms with Crippen molar-refractivity contribution in [1.82, 2.24) is 9.97 Å². The molecule has 6 nitrogen and oxygen atoms in total. The molecule has 23 heavy (non-hydrogen) atoms. The van der Waals surface area contributed by atoms with Crippen LogP contribution in [0.25, 0.3) is 11.0 Å². The maximum absolute atomic E-state index is 12.3. The van der Waals surface area contributed by atoms with Crippen LogP contribution in [0, 0.1) is 0 Å². The molecule has 3 aromatic rings. The summed E-state index contributed by atoms with van der Waals surface area (Å²) in [5.74, 6) is -0.162. The number of benzene rings is 2. The molecule has 4 N–H and O–H groups in total. The molecule has 0 aliphatic carbocycles. The average Bonchev–Trinajstić information content (AvgIpc) is 2.88. The van der Waals surface area contributed by atoms with Gasteiger partial charge in [0.05, 0.1) is 11.0 Å². The van der Waals surface area contributed by atoms with Gasteiger partial charge in [0.2, 0.25) is 5.91 Å². The predicted octanol–water partition coefficient (Wildman–Crippen LogP) is 3.06. The summed E-state index contributed by atoms with van der Waals surface area (Å²) in [6, 6.07) is 12.4. The summed E-state index contributed by atoms with van der Waals surface area (Å²) in [5, 5.41) is 5.96. The zero-order valence-corrected chi connectivity index (χ0v) is 13.9. The van der Waals surface area contributed by atoms with Gasteiger partial charge < -0.3 is 20.6 Å². The summed E-state index contributed by atoms with van der Waals surface area (Å²) in [6.07, 6.45) is 0. The molecule has 1 heterocycles. The molecule has 3 rings (SSSR count). The highest BCUT2D eigenvalue weighted by molar-refractivity contribution is 9.10. The molecular weight excluding hydrogens is 360 g/mol. The minimum absolute atomic E-state index is 0.162. The number of aromatic amines is 2. The van der Waals surface area contributed by atoms with E-state index in [1.54, 1.807) is 25.1 Å². The van der Waals surface area contributed by atoms with Crippen molar-refractivity contribution < 1.29 is 4.79 Å². The molecule has 118 valence electrons. The highest BCUT2D eigenvalue weighted by atomic mass is 79.9. The number of H-pyrrole nitrogens is 2. The standard InChI is InChI=1S/C16H15BrN4O2/c1-9(18-11-4-2-10(17)3-5-11)15(22)19-12-6-7-13-14(8-12)21-16(23)20-13/h2-9,18H,1H3,(H,19,22)(H2,20,21,23)/t9-/m0/s1. The number of rotatable bonds is 4. The molecule has 0 aliphatic heterocycles. The van der Waals surface area contributed by atoms with Crippen LogP contribution in [-0.2, 0) is 4.79 Å². The number of nitrogens with one attached hydrogen (secondary N) is 4. The van der Waals surface area contributed by atoms with Gasteiger partial charge in [-0.2, -0.15) is 0 Å². The van der Waals surface area contributed by atoms with Crippen molar-refractivity contribution in [3.8, 4) is 0 Å². The maximum atomic E-state index is 12.3. The first-order valence-electron chi connectivity index (χ1n) is 7.06. The van der Waals surface area contributed by atoms with E-state index in [0.717, 1.165) is 10.2 Å². The lowest BCUT2D eigenvalue weighted by Gasteiger charge is -2.15. The van der Waals surface area contributed by atoms with Gasteiger partial charge in [-0.25, -0.2) is 4.79 Å². The van der Waals surface area contributed by atoms with E-state index in [-0.39, 0.29) is 11.6 Å². The van der Waals surface area contributed by atoms with E-state index in [1.807, 2.05) is 24.3 Å². The lowest BCUT2D eigenvalue weighted by atomic mass is 10.2. The Balaban J connectivity index is 1.69. The van der Waals surface area contributed by atoms with Crippen molar-refractivity contribution in [3.63, 3.8) is 0 Å². The second kappa shape index (κ2) is 6.29. The van der Waals surface area contributed by atoms with Crippen LogP contribution in [0.1, 0.15) is 6.92 Å². The average molecular weight is 375 g/mol. The second-order valence-electron chi connectivity index (χ2n) is 5.20. The van der Waals surface area contributed by atoms with Crippen molar-refractivity contribution in [1.29, 1.82) is 0 Å². The third-order valence-corrected chi connectivity index (χ3v) is 3.93. The molecule has 1 aromatic heterocycles. The summed E-state index contributed by atoms with van der Waals surface area (Å²) in [6.45, 7) is 1.79. The molecule has 0 spiro atoms. The molecular formula is C16H15BrN4O2. The third kappa shape index (κ3) is 3.62. The van der Waals surface area contributed by atoms with Gasteiger partial charge >= 0.3 is 5.69 Å². The number of carbonyl (C=O) groups is 1. The van der Waals surface area contributed by atoms with E-state index in [9.17, 15) is 9.59 Å². The van der Waals surface area contributed by atoms with Crippen molar-refractivity contribution in [3.05, 3.63) is 57.4 Å². The highest BCUT2D eigenvalue weighted by Crippen LogP contribution is 2.17. The molecule has 1 atom stereocenters. The Bertz CT molecular complexity index is 898. The largest absolute Gasteiger partial charge is 0.374 e. The number of carbonyl (C=O) groups excluding carboxylic acids is 1. The first-order valence-corrected chi connectivity index (χ1v) is 7.85. The zero-order valence-electron chi connectivity index (χ0n) is 12.3. The van der Waals surface area contributed by atoms with Crippen LogP contribution in [0.5, 0.6) is 0 Å². The monoisotopic (exact) mass is 374 g/mol. The van der Waals surface area contributed by atoms with Gasteiger partial charge in [0.1, 0.15) is 6.04 Å². The number of hydrogen-bond acceptors (Lipinski definition) is 3. The summed E-state index contributed by atoms with van der Waals surface area (Å²) >= 11 is 3.37. The van der Waals surface area contributed by atoms with Crippen molar-refractivity contribution >= 4 is 44.2 Å². The highest BCUT2D eigenvalue weighted by Gasteiger charge is 2.13. The molecule has 7 heteroatoms. The smallest absolute Gasteiger partial charge is 0.323 e. The molecule has 2 aromatic carbocycles. The third-order valence-electron chi connectivity index (χ3n) is 3.40. The number of anilines is 2. The topological polar surface area (TPSA) is 89.8 Å². The minimum Gasteiger partial charge on any atom is -0.374 e. The minimum atomic E-state index is -0.405. The molecule has 0 aliphatic rings. The molecule has 0 saturated heterocycles. The molecule has 0 bridgehead atoms. The Hall–Kier alpha value is -2.54. The fraction of sp³-hybridized carbons (Fsp3) is 0.125. The van der Waals surface area contributed by atoms with Crippen molar-refractivity contribution in [2.24, 2.45) is 0 Å². The fourth-order valence-electron chi connectivity index (χ4n) is 2.22. The number of halogens is 1. The SMILES string of the molecule is C[C@H](Nc1ccc(Br)cc1)C(=O)Nc1ccc2[nH]c(=O)[nH]c2c1. The van der Waals surface area contributed by atoms with E-state index in [1.165, 1.54) is 0 Å². The Morgan fingerprint density at radius 3 is 2.43 bits per heavy atom. The molecule has 0 fully saturated rings. The first-order chi connectivity index (χ1) is 11.0. The predicted molar refractivity (Wildman–Crippen MR) is 94.8 cm³/mol. The Labute approximate surface area is 140 Å². The maximum Gasteiger partial charge on any atom is 0.323 e. The summed E-state index contributed by atoms with van der Waals surface area (Å²) in [7, 11) is 0. The second-order valence-corrected chi connectivity index (χ2v) is 6.12. The van der Waals surface area contributed by atoms with Gasteiger partial charge in [-0.1, -0.05) is 15.9 Å². The van der Waals surface area contributed by atoms with Gasteiger partial charge in [0, 0.05) is 15.8 Å². The van der Waals surface area contributed by atoms with E-state index >= 15 is 0 Å². The number of fused-ring (bicyclic) bond motifs is 1. The van der Waals surface area contributed by atoms with Gasteiger partial charge in [0.15, 0.2) is 0 Å². The van der Waals surface area contributed by atoms with Gasteiger partial charge in [-0.15, -0.1) is 0 Å². The normalized spacial score (nSPS) is 12.1. The van der Waals surface area contributed by atoms with Crippen molar-refractivity contribution in [2.45, 2.75) is 13.0 Å². The van der Waals surface area contributed by atoms with E-state index in [4.69, 9.17) is 0 Å². The summed E-state index contributed by atoms with van der Waals surface area (Å²) in [5.41, 5.74) is 2.58. The van der Waals surface area contributed by atoms with Crippen LogP contribution in [0.2, 0.25) is 0 Å². The number of aromatic nitrogens is 2. The Kier molecular flexibility index (Phi) is 4.20. The molecule has 0 radical (unpaired) electrons. The Morgan fingerprint density at radius 2 is 1.70 bits per heavy atom. The summed E-state index contributed by atoms with van der Waals surface area (Å²) in [4.78, 5) is 28.8. The van der Waals surface area contributed by atoms with Gasteiger partial charge in [-0.05, 0) is 49.4 Å². The quantitative estimate of drug-likeness (QED) is 0.565. The summed E-state index contributed by atoms with van der Waals surface area (Å²) < 4.78 is 0.981. The van der Waals surface area contributed by atoms with Crippen LogP contribution in [0.4, 0.5) is 11.4 Å². The number of hydrogen-bond donors (Lipinski definition) is 4. The van der Waals surface area contributed by atoms with Crippen LogP contribution in [0.3, 0.4) is 0 Å². The molecule has 0 saturated carbocycles. The number of amides is 1. The fourth-order valence-corrected chi connectivity index (χ4v) is 2.49. The van der Waals surface area contributed by atoms with E-state index in [0.29, 0.717) is 16.7 Å². The Morgan fingerprint density at radius 1 is 1.04 bits per heavy atom. The number of imidazole rings is 1. The van der Waals surface area contributed by atoms with Crippen LogP contribution >= 0.6 is 15.9 Å². The lowest BCUT2D eigenvalue weighted by Crippen LogP contribution is -2.31.